The molecule has 6 rings (SSSR count). The van der Waals surface area contributed by atoms with Crippen LogP contribution in [0.15, 0.2) is 52.2 Å². The van der Waals surface area contributed by atoms with E-state index in [4.69, 9.17) is 0 Å². The molecule has 5 heteroatoms. The zero-order valence-corrected chi connectivity index (χ0v) is 14.9. The number of hydrogen-bond donors (Lipinski definition) is 1. The van der Waals surface area contributed by atoms with E-state index in [1.165, 1.54) is 4.70 Å². The summed E-state index contributed by atoms with van der Waals surface area (Å²) in [5, 5.41) is 6.66. The highest BCUT2D eigenvalue weighted by atomic mass is 32.1. The molecule has 0 radical (unpaired) electrons. The maximum absolute atomic E-state index is 13.0. The lowest BCUT2D eigenvalue weighted by Crippen LogP contribution is -2.59. The molecule has 4 aliphatic rings. The van der Waals surface area contributed by atoms with Crippen molar-refractivity contribution in [3.05, 3.63) is 57.7 Å². The highest BCUT2D eigenvalue weighted by Gasteiger charge is 2.49. The molecule has 1 amide bonds. The Hall–Kier alpha value is -2.40. The Kier molecular flexibility index (Phi) is 3.01. The van der Waals surface area contributed by atoms with Crippen molar-refractivity contribution in [3.63, 3.8) is 0 Å². The van der Waals surface area contributed by atoms with E-state index in [9.17, 15) is 9.59 Å². The third-order valence-electron chi connectivity index (χ3n) is 5.60. The first-order chi connectivity index (χ1) is 12.1. The van der Waals surface area contributed by atoms with Crippen LogP contribution in [0.3, 0.4) is 0 Å². The van der Waals surface area contributed by atoms with E-state index in [1.807, 2.05) is 24.0 Å². The third kappa shape index (κ3) is 1.93. The van der Waals surface area contributed by atoms with E-state index in [0.29, 0.717) is 5.92 Å². The Labute approximate surface area is 149 Å². The molecule has 1 aromatic heterocycles. The summed E-state index contributed by atoms with van der Waals surface area (Å²) in [6.45, 7) is 5.15. The molecule has 0 saturated carbocycles. The Morgan fingerprint density at radius 3 is 2.80 bits per heavy atom. The second kappa shape index (κ2) is 5.05. The summed E-state index contributed by atoms with van der Waals surface area (Å²) in [5.41, 5.74) is 4.50. The van der Waals surface area contributed by atoms with Gasteiger partial charge in [-0.2, -0.15) is 0 Å². The van der Waals surface area contributed by atoms with Gasteiger partial charge in [-0.3, -0.25) is 9.59 Å². The van der Waals surface area contributed by atoms with Gasteiger partial charge in [0.15, 0.2) is 5.78 Å². The lowest BCUT2D eigenvalue weighted by Gasteiger charge is -2.50. The SMILES string of the molecule is CC(=O)C1=C(C)NC2=C(C(=O)N3CC2C3)C1c1csc2ccccc12. The first-order valence-electron chi connectivity index (χ1n) is 8.54. The lowest BCUT2D eigenvalue weighted by atomic mass is 9.72. The predicted molar refractivity (Wildman–Crippen MR) is 98.2 cm³/mol. The summed E-state index contributed by atoms with van der Waals surface area (Å²) in [4.78, 5) is 27.4. The topological polar surface area (TPSA) is 49.4 Å². The smallest absolute Gasteiger partial charge is 0.252 e. The number of benzene rings is 1. The number of hydrogen-bond acceptors (Lipinski definition) is 4. The van der Waals surface area contributed by atoms with Crippen molar-refractivity contribution in [1.29, 1.82) is 0 Å². The molecule has 4 nitrogen and oxygen atoms in total. The largest absolute Gasteiger partial charge is 0.361 e. The maximum Gasteiger partial charge on any atom is 0.252 e. The average Bonchev–Trinajstić information content (AvgIpc) is 2.95. The highest BCUT2D eigenvalue weighted by Crippen LogP contribution is 2.48. The van der Waals surface area contributed by atoms with Gasteiger partial charge < -0.3 is 10.2 Å². The van der Waals surface area contributed by atoms with Crippen LogP contribution in [-0.2, 0) is 9.59 Å². The number of nitrogens with zero attached hydrogens (tertiary/aromatic N) is 1. The number of dihydropyridines is 1. The van der Waals surface area contributed by atoms with Gasteiger partial charge in [-0.05, 0) is 36.2 Å². The molecule has 2 bridgehead atoms. The number of carbonyl (C=O) groups is 2. The summed E-state index contributed by atoms with van der Waals surface area (Å²) in [6.07, 6.45) is 0. The normalized spacial score (nSPS) is 22.9. The van der Waals surface area contributed by atoms with Crippen molar-refractivity contribution >= 4 is 33.1 Å². The lowest BCUT2D eigenvalue weighted by molar-refractivity contribution is -0.135. The summed E-state index contributed by atoms with van der Waals surface area (Å²) in [6, 6.07) is 8.22. The molecule has 1 fully saturated rings. The number of carbonyl (C=O) groups excluding carboxylic acids is 2. The van der Waals surface area contributed by atoms with Crippen LogP contribution in [0.5, 0.6) is 0 Å². The molecule has 25 heavy (non-hydrogen) atoms. The van der Waals surface area contributed by atoms with Gasteiger partial charge in [0.05, 0.1) is 0 Å². The van der Waals surface area contributed by atoms with Gasteiger partial charge in [-0.1, -0.05) is 18.2 Å². The minimum absolute atomic E-state index is 0.0267. The first kappa shape index (κ1) is 14.9. The zero-order chi connectivity index (χ0) is 17.3. The van der Waals surface area contributed by atoms with E-state index < -0.39 is 0 Å². The number of fused-ring (bicyclic) bond motifs is 1. The number of thiophene rings is 1. The molecular weight excluding hydrogens is 332 g/mol. The Bertz CT molecular complexity index is 1010. The minimum Gasteiger partial charge on any atom is -0.361 e. The maximum atomic E-state index is 13.0. The molecule has 1 saturated heterocycles. The van der Waals surface area contributed by atoms with Crippen LogP contribution in [0.1, 0.15) is 25.3 Å². The molecule has 126 valence electrons. The fraction of sp³-hybridized carbons (Fsp3) is 0.300. The van der Waals surface area contributed by atoms with Crippen LogP contribution < -0.4 is 5.32 Å². The van der Waals surface area contributed by atoms with Crippen LogP contribution in [0, 0.1) is 5.92 Å². The summed E-state index contributed by atoms with van der Waals surface area (Å²) in [7, 11) is 0. The molecule has 1 atom stereocenters. The van der Waals surface area contributed by atoms with E-state index in [0.717, 1.165) is 46.6 Å². The van der Waals surface area contributed by atoms with E-state index >= 15 is 0 Å². The van der Waals surface area contributed by atoms with Crippen molar-refractivity contribution in [2.75, 3.05) is 13.1 Å². The standard InChI is InChI=1S/C20H18N2O2S/c1-10-16(11(2)23)17(14-9-25-15-6-4-3-5-13(14)15)18-19(21-10)12-7-22(8-12)20(18)24/h3-6,9,12,17,21H,7-8H2,1-2H3. The number of nitrogens with one attached hydrogen (secondary N) is 1. The van der Waals surface area contributed by atoms with Gasteiger partial charge in [0, 0.05) is 52.2 Å². The van der Waals surface area contributed by atoms with E-state index in [-0.39, 0.29) is 17.6 Å². The van der Waals surface area contributed by atoms with E-state index in [2.05, 4.69) is 22.8 Å². The van der Waals surface area contributed by atoms with Gasteiger partial charge in [0.1, 0.15) is 0 Å². The van der Waals surface area contributed by atoms with Gasteiger partial charge in [0.25, 0.3) is 5.91 Å². The van der Waals surface area contributed by atoms with Crippen LogP contribution in [0.25, 0.3) is 10.1 Å². The molecule has 5 heterocycles. The van der Waals surface area contributed by atoms with E-state index in [1.54, 1.807) is 18.3 Å². The zero-order valence-electron chi connectivity index (χ0n) is 14.1. The molecule has 1 N–H and O–H groups in total. The second-order valence-corrected chi connectivity index (χ2v) is 7.99. The van der Waals surface area contributed by atoms with Crippen LogP contribution in [0.2, 0.25) is 0 Å². The van der Waals surface area contributed by atoms with Crippen LogP contribution >= 0.6 is 11.3 Å². The Morgan fingerprint density at radius 1 is 1.28 bits per heavy atom. The summed E-state index contributed by atoms with van der Waals surface area (Å²) >= 11 is 1.67. The van der Waals surface area contributed by atoms with Crippen molar-refractivity contribution in [1.82, 2.24) is 10.2 Å². The van der Waals surface area contributed by atoms with Gasteiger partial charge in [-0.25, -0.2) is 0 Å². The van der Waals surface area contributed by atoms with Crippen LogP contribution in [-0.4, -0.2) is 29.7 Å². The number of rotatable bonds is 2. The Morgan fingerprint density at radius 2 is 2.04 bits per heavy atom. The molecule has 0 spiro atoms. The number of allylic oxidation sites excluding steroid dienone is 2. The number of amides is 1. The molecule has 1 aromatic carbocycles. The monoisotopic (exact) mass is 350 g/mol. The second-order valence-electron chi connectivity index (χ2n) is 7.07. The Balaban J connectivity index is 1.78. The summed E-state index contributed by atoms with van der Waals surface area (Å²) in [5.74, 6) is 0.224. The summed E-state index contributed by atoms with van der Waals surface area (Å²) < 4.78 is 1.19. The van der Waals surface area contributed by atoms with Crippen molar-refractivity contribution in [2.24, 2.45) is 5.92 Å². The van der Waals surface area contributed by atoms with Crippen molar-refractivity contribution in [2.45, 2.75) is 19.8 Å². The number of ketones is 1. The van der Waals surface area contributed by atoms with Crippen molar-refractivity contribution in [3.8, 4) is 0 Å². The molecule has 0 aliphatic carbocycles. The van der Waals surface area contributed by atoms with Gasteiger partial charge >= 0.3 is 0 Å². The minimum atomic E-state index is -0.261. The van der Waals surface area contributed by atoms with Gasteiger partial charge in [0.2, 0.25) is 0 Å². The molecule has 4 aliphatic heterocycles. The first-order valence-corrected chi connectivity index (χ1v) is 9.42. The predicted octanol–water partition coefficient (Wildman–Crippen LogP) is 3.18. The molecular formula is C20H18N2O2S. The van der Waals surface area contributed by atoms with Crippen molar-refractivity contribution < 1.29 is 9.59 Å². The highest BCUT2D eigenvalue weighted by molar-refractivity contribution is 7.17. The fourth-order valence-electron chi connectivity index (χ4n) is 4.41. The van der Waals surface area contributed by atoms with Crippen LogP contribution in [0.4, 0.5) is 0 Å². The quantitative estimate of drug-likeness (QED) is 0.905. The third-order valence-corrected chi connectivity index (χ3v) is 6.58. The fourth-order valence-corrected chi connectivity index (χ4v) is 5.40. The van der Waals surface area contributed by atoms with Gasteiger partial charge in [-0.15, -0.1) is 11.3 Å². The number of Topliss-reactive ketones (excluding diaryl/α,β-unsaturated/α-hetero) is 1. The average molecular weight is 350 g/mol. The molecule has 1 unspecified atom stereocenters. The molecule has 2 aromatic rings.